The number of aromatic hydroxyl groups is 1. The van der Waals surface area contributed by atoms with Crippen molar-refractivity contribution in [3.05, 3.63) is 52.7 Å². The zero-order valence-corrected chi connectivity index (χ0v) is 31.7. The number of hydrogen-bond donors (Lipinski definition) is 1. The van der Waals surface area contributed by atoms with Crippen LogP contribution in [0.4, 0.5) is 13.6 Å². The van der Waals surface area contributed by atoms with Crippen LogP contribution in [-0.4, -0.2) is 66.7 Å². The minimum Gasteiger partial charge on any atom is -0.508 e. The average Bonchev–Trinajstić information content (AvgIpc) is 3.60. The molecule has 1 aliphatic heterocycles. The van der Waals surface area contributed by atoms with E-state index in [1.54, 1.807) is 11.0 Å². The molecule has 2 aromatic carbocycles. The van der Waals surface area contributed by atoms with Crippen LogP contribution >= 0.6 is 0 Å². The third kappa shape index (κ3) is 7.23. The molecule has 1 aromatic heterocycles. The molecule has 1 amide bonds. The highest BCUT2D eigenvalue weighted by molar-refractivity contribution is 6.74. The molecule has 49 heavy (non-hydrogen) atoms. The second-order valence-corrected chi connectivity index (χ2v) is 20.5. The third-order valence-electron chi connectivity index (χ3n) is 9.93. The largest absolute Gasteiger partial charge is 0.508 e. The van der Waals surface area contributed by atoms with Gasteiger partial charge in [-0.3, -0.25) is 9.58 Å². The number of phenols is 1. The van der Waals surface area contributed by atoms with Crippen LogP contribution in [-0.2, 0) is 20.3 Å². The fourth-order valence-electron chi connectivity index (χ4n) is 6.47. The summed E-state index contributed by atoms with van der Waals surface area (Å²) in [6.45, 7) is 20.8. The summed E-state index contributed by atoms with van der Waals surface area (Å²) < 4.78 is 56.8. The van der Waals surface area contributed by atoms with Crippen molar-refractivity contribution < 1.29 is 37.3 Å². The van der Waals surface area contributed by atoms with E-state index >= 15 is 4.39 Å². The first-order valence-electron chi connectivity index (χ1n) is 17.0. The number of ether oxygens (including phenoxy) is 3. The number of carbonyl (C=O) groups excluding carboxylic acids is 1. The minimum atomic E-state index is -2.35. The van der Waals surface area contributed by atoms with E-state index in [2.05, 4.69) is 33.9 Å². The summed E-state index contributed by atoms with van der Waals surface area (Å²) in [5.41, 5.74) is 2.85. The molecule has 3 atom stereocenters. The van der Waals surface area contributed by atoms with Crippen molar-refractivity contribution >= 4 is 14.4 Å². The van der Waals surface area contributed by atoms with E-state index in [9.17, 15) is 14.3 Å². The van der Waals surface area contributed by atoms with Gasteiger partial charge in [0, 0.05) is 42.5 Å². The highest BCUT2D eigenvalue weighted by Gasteiger charge is 2.43. The van der Waals surface area contributed by atoms with E-state index in [1.165, 1.54) is 13.2 Å². The molecular formula is C37H51F2N3O6Si. The standard InChI is InChI=1S/C37H51F2N3O6Si/c1-21-20-41(35(44)47-36(3,4)5)22(2)28-19-27(40-42(21)28)25-18-29(43)24-12-13-30(48-49(10,11)37(6,7)8)32(24)33(25)34-26(39)16-23(38)17-31(34)46-15-14-45-9/h16-19,21-22,30,43H,12-15,20H2,1-11H3/t21-,22+,30?/m0/s1. The number of methoxy groups -OCH3 is 1. The normalized spacial score (nSPS) is 19.5. The zero-order valence-electron chi connectivity index (χ0n) is 30.7. The quantitative estimate of drug-likeness (QED) is 0.185. The predicted octanol–water partition coefficient (Wildman–Crippen LogP) is 9.11. The Kier molecular flexibility index (Phi) is 10.0. The van der Waals surface area contributed by atoms with Gasteiger partial charge in [-0.15, -0.1) is 0 Å². The molecule has 0 bridgehead atoms. The van der Waals surface area contributed by atoms with Crippen LogP contribution in [0, 0.1) is 11.6 Å². The van der Waals surface area contributed by atoms with Gasteiger partial charge in [0.1, 0.15) is 35.3 Å². The van der Waals surface area contributed by atoms with Gasteiger partial charge in [0.2, 0.25) is 0 Å². The van der Waals surface area contributed by atoms with Crippen LogP contribution < -0.4 is 4.74 Å². The van der Waals surface area contributed by atoms with E-state index in [1.807, 2.05) is 45.4 Å². The van der Waals surface area contributed by atoms with Gasteiger partial charge in [0.05, 0.1) is 41.7 Å². The van der Waals surface area contributed by atoms with Crippen LogP contribution in [0.25, 0.3) is 22.4 Å². The number of hydrogen-bond acceptors (Lipinski definition) is 7. The summed E-state index contributed by atoms with van der Waals surface area (Å²) in [5, 5.41) is 16.4. The van der Waals surface area contributed by atoms with E-state index in [0.717, 1.165) is 11.8 Å². The number of rotatable bonds is 8. The van der Waals surface area contributed by atoms with Gasteiger partial charge < -0.3 is 23.7 Å². The Morgan fingerprint density at radius 3 is 2.37 bits per heavy atom. The molecule has 3 aromatic rings. The van der Waals surface area contributed by atoms with Gasteiger partial charge in [0.15, 0.2) is 8.32 Å². The number of aromatic nitrogens is 2. The molecule has 1 unspecified atom stereocenters. The van der Waals surface area contributed by atoms with Gasteiger partial charge in [-0.25, -0.2) is 13.6 Å². The van der Waals surface area contributed by atoms with Gasteiger partial charge in [-0.2, -0.15) is 5.10 Å². The smallest absolute Gasteiger partial charge is 0.410 e. The molecule has 0 saturated carbocycles. The molecular weight excluding hydrogens is 649 g/mol. The number of carbonyl (C=O) groups is 1. The van der Waals surface area contributed by atoms with Crippen LogP contribution in [0.5, 0.6) is 11.5 Å². The maximum Gasteiger partial charge on any atom is 0.410 e. The molecule has 0 spiro atoms. The second kappa shape index (κ2) is 13.3. The summed E-state index contributed by atoms with van der Waals surface area (Å²) in [4.78, 5) is 14.9. The lowest BCUT2D eigenvalue weighted by Gasteiger charge is -2.39. The lowest BCUT2D eigenvalue weighted by Crippen LogP contribution is -2.45. The average molecular weight is 700 g/mol. The summed E-state index contributed by atoms with van der Waals surface area (Å²) in [7, 11) is -0.828. The first-order chi connectivity index (χ1) is 22.7. The molecule has 9 nitrogen and oxygen atoms in total. The maximum absolute atomic E-state index is 16.3. The van der Waals surface area contributed by atoms with Crippen molar-refractivity contribution in [2.45, 2.75) is 110 Å². The van der Waals surface area contributed by atoms with Crippen molar-refractivity contribution in [2.24, 2.45) is 0 Å². The topological polar surface area (TPSA) is 95.3 Å². The molecule has 1 N–H and O–H groups in total. The fourth-order valence-corrected chi connectivity index (χ4v) is 7.77. The van der Waals surface area contributed by atoms with E-state index in [4.69, 9.17) is 23.7 Å². The molecule has 1 aliphatic carbocycles. The molecule has 0 radical (unpaired) electrons. The van der Waals surface area contributed by atoms with Gasteiger partial charge >= 0.3 is 6.09 Å². The predicted molar refractivity (Wildman–Crippen MR) is 187 cm³/mol. The fraction of sp³-hybridized carbons (Fsp3) is 0.568. The second-order valence-electron chi connectivity index (χ2n) is 15.8. The first-order valence-corrected chi connectivity index (χ1v) is 19.9. The number of halogens is 2. The van der Waals surface area contributed by atoms with E-state index in [0.29, 0.717) is 47.3 Å². The van der Waals surface area contributed by atoms with Gasteiger partial charge in [-0.05, 0) is 83.3 Å². The molecule has 12 heteroatoms. The number of benzene rings is 2. The molecule has 2 heterocycles. The zero-order chi connectivity index (χ0) is 36.2. The molecule has 5 rings (SSSR count). The Balaban J connectivity index is 1.75. The number of amides is 1. The Labute approximate surface area is 289 Å². The van der Waals surface area contributed by atoms with Crippen molar-refractivity contribution in [2.75, 3.05) is 26.9 Å². The van der Waals surface area contributed by atoms with E-state index < -0.39 is 37.8 Å². The Morgan fingerprint density at radius 1 is 1.04 bits per heavy atom. The molecule has 2 aliphatic rings. The summed E-state index contributed by atoms with van der Waals surface area (Å²) in [5.74, 6) is -1.51. The van der Waals surface area contributed by atoms with Crippen LogP contribution in [0.2, 0.25) is 18.1 Å². The number of fused-ring (bicyclic) bond motifs is 2. The van der Waals surface area contributed by atoms with Crippen molar-refractivity contribution in [3.8, 4) is 33.9 Å². The van der Waals surface area contributed by atoms with Gasteiger partial charge in [-0.1, -0.05) is 20.8 Å². The third-order valence-corrected chi connectivity index (χ3v) is 14.4. The van der Waals surface area contributed by atoms with Crippen LogP contribution in [0.15, 0.2) is 24.3 Å². The molecule has 0 fully saturated rings. The Morgan fingerprint density at radius 2 is 1.73 bits per heavy atom. The van der Waals surface area contributed by atoms with Gasteiger partial charge in [0.25, 0.3) is 0 Å². The van der Waals surface area contributed by atoms with E-state index in [-0.39, 0.29) is 47.4 Å². The van der Waals surface area contributed by atoms with Crippen molar-refractivity contribution in [1.29, 1.82) is 0 Å². The monoisotopic (exact) mass is 699 g/mol. The number of nitrogens with zero attached hydrogens (tertiary/aromatic N) is 3. The van der Waals surface area contributed by atoms with Crippen molar-refractivity contribution in [3.63, 3.8) is 0 Å². The summed E-state index contributed by atoms with van der Waals surface area (Å²) >= 11 is 0. The minimum absolute atomic E-state index is 0.0171. The Bertz CT molecular complexity index is 1730. The first kappa shape index (κ1) is 36.8. The lowest BCUT2D eigenvalue weighted by molar-refractivity contribution is 0.00865. The van der Waals surface area contributed by atoms with Crippen LogP contribution in [0.1, 0.15) is 96.8 Å². The highest BCUT2D eigenvalue weighted by Crippen LogP contribution is 2.54. The number of phenolic OH excluding ortho intramolecular Hbond substituents is 1. The summed E-state index contributed by atoms with van der Waals surface area (Å²) in [6.07, 6.45) is 0.238. The maximum atomic E-state index is 16.3. The Hall–Kier alpha value is -3.48. The van der Waals surface area contributed by atoms with Crippen LogP contribution in [0.3, 0.4) is 0 Å². The highest BCUT2D eigenvalue weighted by atomic mass is 28.4. The lowest BCUT2D eigenvalue weighted by atomic mass is 9.88. The molecule has 268 valence electrons. The summed E-state index contributed by atoms with van der Waals surface area (Å²) in [6, 6.07) is 4.92. The van der Waals surface area contributed by atoms with Crippen molar-refractivity contribution in [1.82, 2.24) is 14.7 Å². The SMILES string of the molecule is COCCOc1cc(F)cc(F)c1-c1c(-c2cc3n(n2)[C@@H](C)CN(C(=O)OC(C)(C)C)[C@@H]3C)cc(O)c2c1C(O[Si](C)(C)C(C)(C)C)CC2. The molecule has 0 saturated heterocycles.